The van der Waals surface area contributed by atoms with E-state index in [2.05, 4.69) is 0 Å². The van der Waals surface area contributed by atoms with Crippen LogP contribution in [-0.2, 0) is 4.79 Å². The van der Waals surface area contributed by atoms with Gasteiger partial charge in [-0.25, -0.2) is 0 Å². The van der Waals surface area contributed by atoms with Crippen LogP contribution in [0.4, 0.5) is 4.79 Å². The van der Waals surface area contributed by atoms with Gasteiger partial charge in [0.25, 0.3) is 5.24 Å². The summed E-state index contributed by atoms with van der Waals surface area (Å²) in [5, 5.41) is 8.84. The predicted molar refractivity (Wildman–Crippen MR) is 63.4 cm³/mol. The molecule has 1 N–H and O–H groups in total. The van der Waals surface area contributed by atoms with Crippen molar-refractivity contribution in [2.45, 2.75) is 13.3 Å². The van der Waals surface area contributed by atoms with Crippen molar-refractivity contribution in [1.29, 1.82) is 0 Å². The van der Waals surface area contributed by atoms with Crippen molar-refractivity contribution < 1.29 is 14.7 Å². The standard InChI is InChI=1S/C10H18N2O3S/c1-2-11(5-7-13)9(14)3-4-12-6-8-16-10(12)15/h13H,2-8H2,1H3. The van der Waals surface area contributed by atoms with Crippen molar-refractivity contribution >= 4 is 22.9 Å². The molecule has 2 amide bonds. The minimum Gasteiger partial charge on any atom is -0.395 e. The molecular weight excluding hydrogens is 228 g/mol. The Bertz CT molecular complexity index is 260. The Labute approximate surface area is 99.8 Å². The fourth-order valence-corrected chi connectivity index (χ4v) is 2.45. The van der Waals surface area contributed by atoms with Gasteiger partial charge in [-0.2, -0.15) is 0 Å². The van der Waals surface area contributed by atoms with Crippen LogP contribution >= 0.6 is 11.8 Å². The molecular formula is C10H18N2O3S. The molecule has 5 nitrogen and oxygen atoms in total. The average Bonchev–Trinajstić information content (AvgIpc) is 2.68. The number of hydrogen-bond acceptors (Lipinski definition) is 4. The van der Waals surface area contributed by atoms with Crippen LogP contribution in [-0.4, -0.2) is 64.6 Å². The molecule has 0 aromatic rings. The first-order valence-electron chi connectivity index (χ1n) is 5.49. The molecule has 0 unspecified atom stereocenters. The number of nitrogens with zero attached hydrogens (tertiary/aromatic N) is 2. The minimum atomic E-state index is -0.0158. The third-order valence-corrected chi connectivity index (χ3v) is 3.44. The Morgan fingerprint density at radius 3 is 2.88 bits per heavy atom. The normalized spacial score (nSPS) is 15.6. The lowest BCUT2D eigenvalue weighted by molar-refractivity contribution is -0.131. The molecule has 1 aliphatic heterocycles. The van der Waals surface area contributed by atoms with Gasteiger partial charge in [-0.1, -0.05) is 11.8 Å². The van der Waals surface area contributed by atoms with Crippen molar-refractivity contribution in [3.05, 3.63) is 0 Å². The van der Waals surface area contributed by atoms with Gasteiger partial charge in [0, 0.05) is 38.4 Å². The van der Waals surface area contributed by atoms with E-state index in [9.17, 15) is 9.59 Å². The number of aliphatic hydroxyl groups is 1. The number of carbonyl (C=O) groups excluding carboxylic acids is 2. The largest absolute Gasteiger partial charge is 0.395 e. The molecule has 1 aliphatic rings. The second-order valence-corrected chi connectivity index (χ2v) is 4.59. The van der Waals surface area contributed by atoms with E-state index < -0.39 is 0 Å². The van der Waals surface area contributed by atoms with E-state index in [1.165, 1.54) is 11.8 Å². The molecule has 0 bridgehead atoms. The number of aliphatic hydroxyl groups excluding tert-OH is 1. The van der Waals surface area contributed by atoms with Gasteiger partial charge in [0.15, 0.2) is 0 Å². The molecule has 0 spiro atoms. The number of amides is 2. The Kier molecular flexibility index (Phi) is 5.62. The van der Waals surface area contributed by atoms with Gasteiger partial charge >= 0.3 is 0 Å². The SMILES string of the molecule is CCN(CCO)C(=O)CCN1CCSC1=O. The van der Waals surface area contributed by atoms with Crippen LogP contribution < -0.4 is 0 Å². The first-order valence-corrected chi connectivity index (χ1v) is 6.48. The van der Waals surface area contributed by atoms with E-state index >= 15 is 0 Å². The van der Waals surface area contributed by atoms with Crippen LogP contribution in [0.5, 0.6) is 0 Å². The van der Waals surface area contributed by atoms with Crippen molar-refractivity contribution in [1.82, 2.24) is 9.80 Å². The highest BCUT2D eigenvalue weighted by Gasteiger charge is 2.22. The maximum absolute atomic E-state index is 11.7. The minimum absolute atomic E-state index is 0.00116. The predicted octanol–water partition coefficient (Wildman–Crippen LogP) is 0.386. The number of likely N-dealkylation sites (N-methyl/N-ethyl adjacent to an activating group) is 1. The first-order chi connectivity index (χ1) is 7.69. The summed E-state index contributed by atoms with van der Waals surface area (Å²) < 4.78 is 0. The average molecular weight is 246 g/mol. The van der Waals surface area contributed by atoms with Gasteiger partial charge in [0.05, 0.1) is 6.61 Å². The molecule has 0 radical (unpaired) electrons. The Morgan fingerprint density at radius 1 is 1.62 bits per heavy atom. The molecule has 0 atom stereocenters. The van der Waals surface area contributed by atoms with Crippen molar-refractivity contribution in [3.8, 4) is 0 Å². The van der Waals surface area contributed by atoms with E-state index in [1.807, 2.05) is 6.92 Å². The summed E-state index contributed by atoms with van der Waals surface area (Å²) in [4.78, 5) is 26.3. The first kappa shape index (κ1) is 13.3. The topological polar surface area (TPSA) is 60.9 Å². The molecule has 0 aliphatic carbocycles. The monoisotopic (exact) mass is 246 g/mol. The second-order valence-electron chi connectivity index (χ2n) is 3.55. The molecule has 1 rings (SSSR count). The summed E-state index contributed by atoms with van der Waals surface area (Å²) in [6.45, 7) is 4.07. The van der Waals surface area contributed by atoms with Gasteiger partial charge in [0.2, 0.25) is 5.91 Å². The quantitative estimate of drug-likeness (QED) is 0.736. The fourth-order valence-electron chi connectivity index (χ4n) is 1.60. The number of hydrogen-bond donors (Lipinski definition) is 1. The van der Waals surface area contributed by atoms with Crippen molar-refractivity contribution in [2.24, 2.45) is 0 Å². The van der Waals surface area contributed by atoms with Crippen LogP contribution in [0.25, 0.3) is 0 Å². The third kappa shape index (κ3) is 3.68. The van der Waals surface area contributed by atoms with Gasteiger partial charge in [-0.3, -0.25) is 9.59 Å². The van der Waals surface area contributed by atoms with E-state index in [0.717, 1.165) is 12.3 Å². The molecule has 1 heterocycles. The van der Waals surface area contributed by atoms with E-state index in [4.69, 9.17) is 5.11 Å². The van der Waals surface area contributed by atoms with Crippen LogP contribution in [0, 0.1) is 0 Å². The molecule has 1 saturated heterocycles. The Morgan fingerprint density at radius 2 is 2.38 bits per heavy atom. The second kappa shape index (κ2) is 6.75. The molecule has 1 fully saturated rings. The van der Waals surface area contributed by atoms with Gasteiger partial charge in [-0.05, 0) is 6.92 Å². The lowest BCUT2D eigenvalue weighted by Gasteiger charge is -2.21. The zero-order valence-electron chi connectivity index (χ0n) is 9.52. The highest BCUT2D eigenvalue weighted by Crippen LogP contribution is 2.17. The molecule has 0 aromatic carbocycles. The van der Waals surface area contributed by atoms with E-state index in [0.29, 0.717) is 26.1 Å². The molecule has 6 heteroatoms. The maximum Gasteiger partial charge on any atom is 0.281 e. The lowest BCUT2D eigenvalue weighted by Crippen LogP contribution is -2.36. The smallest absolute Gasteiger partial charge is 0.281 e. The number of thioether (sulfide) groups is 1. The van der Waals surface area contributed by atoms with Gasteiger partial charge in [-0.15, -0.1) is 0 Å². The summed E-state index contributed by atoms with van der Waals surface area (Å²) in [7, 11) is 0. The molecule has 0 saturated carbocycles. The number of rotatable bonds is 6. The molecule has 92 valence electrons. The molecule has 0 aromatic heterocycles. The zero-order chi connectivity index (χ0) is 12.0. The van der Waals surface area contributed by atoms with Crippen LogP contribution in [0.2, 0.25) is 0 Å². The summed E-state index contributed by atoms with van der Waals surface area (Å²) in [6.07, 6.45) is 0.347. The number of carbonyl (C=O) groups is 2. The summed E-state index contributed by atoms with van der Waals surface area (Å²) in [6, 6.07) is 0. The summed E-state index contributed by atoms with van der Waals surface area (Å²) in [5.74, 6) is 0.822. The maximum atomic E-state index is 11.7. The fraction of sp³-hybridized carbons (Fsp3) is 0.800. The van der Waals surface area contributed by atoms with Crippen LogP contribution in [0.3, 0.4) is 0 Å². The van der Waals surface area contributed by atoms with Crippen LogP contribution in [0.1, 0.15) is 13.3 Å². The van der Waals surface area contributed by atoms with Crippen LogP contribution in [0.15, 0.2) is 0 Å². The Balaban J connectivity index is 2.30. The highest BCUT2D eigenvalue weighted by atomic mass is 32.2. The van der Waals surface area contributed by atoms with Crippen molar-refractivity contribution in [2.75, 3.05) is 38.5 Å². The van der Waals surface area contributed by atoms with Gasteiger partial charge in [0.1, 0.15) is 0 Å². The zero-order valence-corrected chi connectivity index (χ0v) is 10.3. The summed E-state index contributed by atoms with van der Waals surface area (Å²) >= 11 is 1.30. The van der Waals surface area contributed by atoms with E-state index in [1.54, 1.807) is 9.80 Å². The van der Waals surface area contributed by atoms with E-state index in [-0.39, 0.29) is 17.8 Å². The summed E-state index contributed by atoms with van der Waals surface area (Å²) in [5.41, 5.74) is 0. The lowest BCUT2D eigenvalue weighted by atomic mass is 10.3. The highest BCUT2D eigenvalue weighted by molar-refractivity contribution is 8.13. The molecule has 16 heavy (non-hydrogen) atoms. The Hall–Kier alpha value is -0.750. The van der Waals surface area contributed by atoms with Crippen molar-refractivity contribution in [3.63, 3.8) is 0 Å². The van der Waals surface area contributed by atoms with Gasteiger partial charge < -0.3 is 14.9 Å². The third-order valence-electron chi connectivity index (χ3n) is 2.54.